The molecule has 144 valence electrons. The van der Waals surface area contributed by atoms with Crippen LogP contribution in [0.15, 0.2) is 18.2 Å². The highest BCUT2D eigenvalue weighted by atomic mass is 35.5. The van der Waals surface area contributed by atoms with E-state index in [0.717, 1.165) is 38.0 Å². The largest absolute Gasteiger partial charge is 0.371 e. The summed E-state index contributed by atoms with van der Waals surface area (Å²) in [7, 11) is 0. The molecule has 0 aliphatic carbocycles. The summed E-state index contributed by atoms with van der Waals surface area (Å²) in [5.41, 5.74) is 13.0. The van der Waals surface area contributed by atoms with Gasteiger partial charge in [0.25, 0.3) is 11.8 Å². The fourth-order valence-electron chi connectivity index (χ4n) is 3.51. The molecule has 2 atom stereocenters. The molecule has 0 spiro atoms. The molecule has 0 radical (unpaired) electrons. The first-order chi connectivity index (χ1) is 12.1. The van der Waals surface area contributed by atoms with Gasteiger partial charge in [0.1, 0.15) is 6.10 Å². The van der Waals surface area contributed by atoms with Crippen LogP contribution in [0.5, 0.6) is 0 Å². The van der Waals surface area contributed by atoms with Crippen LogP contribution in [-0.4, -0.2) is 43.7 Å². The Labute approximate surface area is 159 Å². The van der Waals surface area contributed by atoms with Crippen LogP contribution in [0.3, 0.4) is 0 Å². The third kappa shape index (κ3) is 4.66. The number of carbonyl (C=O) groups excluding carboxylic acids is 2. The highest BCUT2D eigenvalue weighted by Gasteiger charge is 2.30. The maximum Gasteiger partial charge on any atom is 0.253 e. The number of nitrogens with two attached hydrogens (primary N) is 2. The Kier molecular flexibility index (Phi) is 7.25. The van der Waals surface area contributed by atoms with Gasteiger partial charge in [-0.15, -0.1) is 12.4 Å². The van der Waals surface area contributed by atoms with Gasteiger partial charge in [0.05, 0.1) is 17.4 Å². The van der Waals surface area contributed by atoms with Crippen molar-refractivity contribution in [3.8, 4) is 0 Å². The van der Waals surface area contributed by atoms with Crippen LogP contribution in [0, 0.1) is 0 Å². The van der Waals surface area contributed by atoms with Crippen molar-refractivity contribution in [3.63, 3.8) is 0 Å². The Morgan fingerprint density at radius 2 is 1.92 bits per heavy atom. The Balaban J connectivity index is 0.00000243. The Morgan fingerprint density at radius 3 is 2.54 bits per heavy atom. The molecule has 0 bridgehead atoms. The number of nitrogens with one attached hydrogen (secondary N) is 1. The van der Waals surface area contributed by atoms with Crippen LogP contribution in [0.2, 0.25) is 0 Å². The lowest BCUT2D eigenvalue weighted by Crippen LogP contribution is -2.32. The van der Waals surface area contributed by atoms with Gasteiger partial charge in [-0.2, -0.15) is 0 Å². The molecule has 2 amide bonds. The molecule has 0 aromatic heterocycles. The average molecular weight is 383 g/mol. The molecule has 0 unspecified atom stereocenters. The van der Waals surface area contributed by atoms with Crippen molar-refractivity contribution in [2.75, 3.05) is 29.9 Å². The summed E-state index contributed by atoms with van der Waals surface area (Å²) in [6, 6.07) is 5.22. The quantitative estimate of drug-likeness (QED) is 0.717. The van der Waals surface area contributed by atoms with E-state index >= 15 is 0 Å². The number of nitrogens with zero attached hydrogens (tertiary/aromatic N) is 1. The Hall–Kier alpha value is -1.83. The summed E-state index contributed by atoms with van der Waals surface area (Å²) in [4.78, 5) is 26.3. The summed E-state index contributed by atoms with van der Waals surface area (Å²) in [5.74, 6) is -0.629. The fourth-order valence-corrected chi connectivity index (χ4v) is 3.51. The van der Waals surface area contributed by atoms with Gasteiger partial charge in [-0.1, -0.05) is 0 Å². The molecule has 1 aromatic carbocycles. The Bertz CT molecular complexity index is 649. The molecule has 2 aliphatic rings. The summed E-state index contributed by atoms with van der Waals surface area (Å²) >= 11 is 0. The number of benzene rings is 1. The normalized spacial score (nSPS) is 22.6. The number of amides is 2. The summed E-state index contributed by atoms with van der Waals surface area (Å²) in [6.07, 6.45) is 4.33. The molecule has 2 saturated heterocycles. The van der Waals surface area contributed by atoms with Crippen molar-refractivity contribution in [3.05, 3.63) is 23.8 Å². The van der Waals surface area contributed by atoms with Gasteiger partial charge in [0, 0.05) is 25.3 Å². The van der Waals surface area contributed by atoms with E-state index in [4.69, 9.17) is 16.2 Å². The number of hydrogen-bond donors (Lipinski definition) is 3. The molecule has 2 heterocycles. The first-order valence-electron chi connectivity index (χ1n) is 8.93. The molecular formula is C18H27ClN4O3. The van der Waals surface area contributed by atoms with E-state index in [0.29, 0.717) is 24.2 Å². The molecule has 26 heavy (non-hydrogen) atoms. The van der Waals surface area contributed by atoms with Crippen molar-refractivity contribution in [1.82, 2.24) is 0 Å². The van der Waals surface area contributed by atoms with Crippen molar-refractivity contribution in [2.24, 2.45) is 11.5 Å². The molecule has 2 fully saturated rings. The smallest absolute Gasteiger partial charge is 0.253 e. The lowest BCUT2D eigenvalue weighted by atomic mass is 10.1. The van der Waals surface area contributed by atoms with Gasteiger partial charge in [0.15, 0.2) is 0 Å². The third-order valence-corrected chi connectivity index (χ3v) is 4.89. The number of rotatable bonds is 5. The molecule has 7 nitrogen and oxygen atoms in total. The van der Waals surface area contributed by atoms with Crippen molar-refractivity contribution >= 4 is 35.6 Å². The van der Waals surface area contributed by atoms with E-state index in [1.807, 2.05) is 6.07 Å². The van der Waals surface area contributed by atoms with E-state index in [1.54, 1.807) is 12.1 Å². The van der Waals surface area contributed by atoms with Gasteiger partial charge in [-0.05, 0) is 50.3 Å². The molecule has 1 aromatic rings. The van der Waals surface area contributed by atoms with Crippen molar-refractivity contribution in [2.45, 2.75) is 44.3 Å². The highest BCUT2D eigenvalue weighted by Crippen LogP contribution is 2.28. The molecular weight excluding hydrogens is 356 g/mol. The minimum absolute atomic E-state index is 0. The standard InChI is InChI=1S/C18H26N4O3.ClH/c19-11-13-5-7-16(25-13)18(24)21-12-4-6-14(17(20)23)15(10-12)22-8-2-1-3-9-22;/h4,6,10,13,16H,1-3,5,7-9,11,19H2,(H2,20,23)(H,21,24);1H/t13-,16+;/m1./s1. The zero-order valence-electron chi connectivity index (χ0n) is 14.8. The maximum absolute atomic E-state index is 12.4. The van der Waals surface area contributed by atoms with Gasteiger partial charge in [-0.25, -0.2) is 0 Å². The number of piperidine rings is 1. The van der Waals surface area contributed by atoms with E-state index in [-0.39, 0.29) is 24.4 Å². The minimum atomic E-state index is -0.470. The van der Waals surface area contributed by atoms with E-state index in [2.05, 4.69) is 10.2 Å². The van der Waals surface area contributed by atoms with Gasteiger partial charge in [0.2, 0.25) is 0 Å². The molecule has 2 aliphatic heterocycles. The lowest BCUT2D eigenvalue weighted by Gasteiger charge is -2.30. The van der Waals surface area contributed by atoms with Crippen LogP contribution in [0.4, 0.5) is 11.4 Å². The van der Waals surface area contributed by atoms with Crippen LogP contribution in [0.25, 0.3) is 0 Å². The number of primary amides is 1. The lowest BCUT2D eigenvalue weighted by molar-refractivity contribution is -0.126. The van der Waals surface area contributed by atoms with Crippen LogP contribution in [-0.2, 0) is 9.53 Å². The number of hydrogen-bond acceptors (Lipinski definition) is 5. The van der Waals surface area contributed by atoms with Crippen LogP contribution in [0.1, 0.15) is 42.5 Å². The van der Waals surface area contributed by atoms with Crippen LogP contribution >= 0.6 is 12.4 Å². The number of halogens is 1. The predicted molar refractivity (Wildman–Crippen MR) is 104 cm³/mol. The second kappa shape index (κ2) is 9.21. The Morgan fingerprint density at radius 1 is 1.19 bits per heavy atom. The third-order valence-electron chi connectivity index (χ3n) is 4.89. The second-order valence-electron chi connectivity index (χ2n) is 6.69. The van der Waals surface area contributed by atoms with Gasteiger partial charge < -0.3 is 26.4 Å². The number of ether oxygens (including phenoxy) is 1. The molecule has 0 saturated carbocycles. The van der Waals surface area contributed by atoms with Crippen molar-refractivity contribution < 1.29 is 14.3 Å². The predicted octanol–water partition coefficient (Wildman–Crippen LogP) is 1.64. The molecule has 3 rings (SSSR count). The monoisotopic (exact) mass is 382 g/mol. The topological polar surface area (TPSA) is 111 Å². The fraction of sp³-hybridized carbons (Fsp3) is 0.556. The number of carbonyl (C=O) groups is 2. The van der Waals surface area contributed by atoms with E-state index in [9.17, 15) is 9.59 Å². The SMILES string of the molecule is Cl.NC[C@H]1CC[C@@H](C(=O)Nc2ccc(C(N)=O)c(N3CCCCC3)c2)O1. The summed E-state index contributed by atoms with van der Waals surface area (Å²) < 4.78 is 5.63. The molecule has 8 heteroatoms. The van der Waals surface area contributed by atoms with Gasteiger partial charge in [-0.3, -0.25) is 9.59 Å². The first kappa shape index (κ1) is 20.5. The highest BCUT2D eigenvalue weighted by molar-refractivity contribution is 6.01. The maximum atomic E-state index is 12.4. The van der Waals surface area contributed by atoms with E-state index < -0.39 is 12.0 Å². The van der Waals surface area contributed by atoms with Crippen molar-refractivity contribution in [1.29, 1.82) is 0 Å². The van der Waals surface area contributed by atoms with Gasteiger partial charge >= 0.3 is 0 Å². The molecule has 5 N–H and O–H groups in total. The zero-order chi connectivity index (χ0) is 17.8. The minimum Gasteiger partial charge on any atom is -0.371 e. The first-order valence-corrected chi connectivity index (χ1v) is 8.93. The number of anilines is 2. The van der Waals surface area contributed by atoms with Crippen LogP contribution < -0.4 is 21.7 Å². The average Bonchev–Trinajstić information content (AvgIpc) is 3.11. The summed E-state index contributed by atoms with van der Waals surface area (Å²) in [5, 5.41) is 2.89. The van der Waals surface area contributed by atoms with E-state index in [1.165, 1.54) is 6.42 Å². The zero-order valence-corrected chi connectivity index (χ0v) is 15.6. The summed E-state index contributed by atoms with van der Waals surface area (Å²) in [6.45, 7) is 2.21. The second-order valence-corrected chi connectivity index (χ2v) is 6.69.